The summed E-state index contributed by atoms with van der Waals surface area (Å²) in [7, 11) is 1.72. The van der Waals surface area contributed by atoms with Gasteiger partial charge in [-0.25, -0.2) is 9.97 Å². The maximum atomic E-state index is 13.1. The minimum absolute atomic E-state index is 0.134. The van der Waals surface area contributed by atoms with Gasteiger partial charge in [0.2, 0.25) is 0 Å². The molecule has 2 heterocycles. The predicted molar refractivity (Wildman–Crippen MR) is 122 cm³/mol. The van der Waals surface area contributed by atoms with Crippen LogP contribution in [0.2, 0.25) is 0 Å². The minimum atomic E-state index is -1.40. The van der Waals surface area contributed by atoms with E-state index in [1.807, 2.05) is 60.6 Å². The van der Waals surface area contributed by atoms with Crippen molar-refractivity contribution in [3.05, 3.63) is 43.5 Å². The van der Waals surface area contributed by atoms with Crippen molar-refractivity contribution < 1.29 is 4.55 Å². The Labute approximate surface area is 178 Å². The molecule has 0 saturated carbocycles. The van der Waals surface area contributed by atoms with E-state index >= 15 is 0 Å². The summed E-state index contributed by atoms with van der Waals surface area (Å²) in [4.78, 5) is 23.6. The summed E-state index contributed by atoms with van der Waals surface area (Å²) in [6.07, 6.45) is 0. The Bertz CT molecular complexity index is 1190. The van der Waals surface area contributed by atoms with Crippen molar-refractivity contribution in [1.29, 1.82) is 0 Å². The monoisotopic (exact) mass is 430 g/mol. The Morgan fingerprint density at radius 1 is 1.21 bits per heavy atom. The fourth-order valence-electron chi connectivity index (χ4n) is 3.05. The summed E-state index contributed by atoms with van der Waals surface area (Å²) in [5.41, 5.74) is 3.39. The molecule has 0 amide bonds. The van der Waals surface area contributed by atoms with E-state index in [1.54, 1.807) is 23.0 Å². The highest BCUT2D eigenvalue weighted by atomic mass is 32.2. The zero-order valence-corrected chi connectivity index (χ0v) is 19.7. The van der Waals surface area contributed by atoms with Crippen LogP contribution in [0.1, 0.15) is 48.7 Å². The van der Waals surface area contributed by atoms with Crippen LogP contribution in [0.4, 0.5) is 0 Å². The molecule has 0 aliphatic heterocycles. The fraction of sp³-hybridized carbons (Fsp3) is 0.429. The number of thiazole rings is 1. The van der Waals surface area contributed by atoms with Crippen LogP contribution in [0.25, 0.3) is 22.4 Å². The first-order valence-electron chi connectivity index (χ1n) is 9.33. The number of aromatic nitrogens is 3. The Balaban J connectivity index is 2.34. The molecule has 8 heteroatoms. The highest BCUT2D eigenvalue weighted by molar-refractivity contribution is 7.91. The first-order valence-corrected chi connectivity index (χ1v) is 11.3. The molecule has 0 fully saturated rings. The van der Waals surface area contributed by atoms with Gasteiger partial charge in [0, 0.05) is 17.5 Å². The van der Waals surface area contributed by atoms with Crippen LogP contribution in [0.3, 0.4) is 0 Å². The van der Waals surface area contributed by atoms with Crippen LogP contribution < -0.4 is 5.56 Å². The number of aryl methyl sites for hydroxylation is 3. The number of hydrogen-bond acceptors (Lipinski definition) is 6. The molecular weight excluding hydrogens is 404 g/mol. The van der Waals surface area contributed by atoms with Crippen molar-refractivity contribution in [1.82, 2.24) is 14.5 Å². The van der Waals surface area contributed by atoms with Gasteiger partial charge in [0.05, 0.1) is 21.6 Å². The van der Waals surface area contributed by atoms with E-state index in [0.29, 0.717) is 28.1 Å². The van der Waals surface area contributed by atoms with E-state index < -0.39 is 16.1 Å². The molecule has 154 valence electrons. The first kappa shape index (κ1) is 21.7. The predicted octanol–water partition coefficient (Wildman–Crippen LogP) is 4.25. The molecule has 3 aromatic rings. The van der Waals surface area contributed by atoms with E-state index in [1.165, 1.54) is 0 Å². The zero-order chi connectivity index (χ0) is 21.7. The molecule has 6 nitrogen and oxygen atoms in total. The van der Waals surface area contributed by atoms with Crippen LogP contribution in [0.5, 0.6) is 0 Å². The topological polar surface area (TPSA) is 83.2 Å². The third-order valence-electron chi connectivity index (χ3n) is 4.57. The molecule has 29 heavy (non-hydrogen) atoms. The van der Waals surface area contributed by atoms with Crippen LogP contribution in [0.15, 0.2) is 21.3 Å². The lowest BCUT2D eigenvalue weighted by Gasteiger charge is -2.19. The number of rotatable bonds is 3. The van der Waals surface area contributed by atoms with Crippen molar-refractivity contribution in [2.75, 3.05) is 0 Å². The molecule has 2 aromatic heterocycles. The van der Waals surface area contributed by atoms with Crippen LogP contribution in [0, 0.1) is 20.8 Å². The maximum Gasteiger partial charge on any atom is 0.261 e. The molecule has 1 atom stereocenters. The highest BCUT2D eigenvalue weighted by Crippen LogP contribution is 2.28. The Hall–Kier alpha value is -2.03. The van der Waals surface area contributed by atoms with Gasteiger partial charge in [-0.3, -0.25) is 9.36 Å². The van der Waals surface area contributed by atoms with Gasteiger partial charge in [0.1, 0.15) is 21.8 Å². The molecule has 0 saturated heterocycles. The second-order valence-electron chi connectivity index (χ2n) is 8.18. The summed E-state index contributed by atoms with van der Waals surface area (Å²) in [6, 6.07) is 3.78. The van der Waals surface area contributed by atoms with Gasteiger partial charge >= 0.3 is 0 Å². The molecule has 3 rings (SSSR count). The van der Waals surface area contributed by atoms with E-state index in [-0.39, 0.29) is 5.56 Å². The second-order valence-corrected chi connectivity index (χ2v) is 11.5. The van der Waals surface area contributed by atoms with E-state index in [9.17, 15) is 9.35 Å². The Morgan fingerprint density at radius 3 is 2.41 bits per heavy atom. The number of benzene rings is 1. The molecule has 0 radical (unpaired) electrons. The van der Waals surface area contributed by atoms with Crippen molar-refractivity contribution in [2.24, 2.45) is 11.4 Å². The van der Waals surface area contributed by atoms with Crippen molar-refractivity contribution in [3.63, 3.8) is 0 Å². The average molecular weight is 431 g/mol. The highest BCUT2D eigenvalue weighted by Gasteiger charge is 2.27. The standard InChI is InChI=1S/C21H26N4O2S2/c1-11-9-15(12(2)24-29(27)21(5,6)7)18-16(10-11)20(26)25(8)19(23-18)17-13(3)28-14(4)22-17/h9-10H,1-8H3/t29-/m1/s1. The van der Waals surface area contributed by atoms with Crippen molar-refractivity contribution in [2.45, 2.75) is 53.2 Å². The summed E-state index contributed by atoms with van der Waals surface area (Å²) >= 11 is 0.175. The summed E-state index contributed by atoms with van der Waals surface area (Å²) in [5, 5.41) is 1.45. The van der Waals surface area contributed by atoms with Crippen molar-refractivity contribution >= 4 is 39.3 Å². The van der Waals surface area contributed by atoms with E-state index in [4.69, 9.17) is 4.98 Å². The van der Waals surface area contributed by atoms with Crippen molar-refractivity contribution in [3.8, 4) is 11.5 Å². The Morgan fingerprint density at radius 2 is 1.86 bits per heavy atom. The van der Waals surface area contributed by atoms with Gasteiger partial charge < -0.3 is 4.55 Å². The normalized spacial score (nSPS) is 13.9. The lowest BCUT2D eigenvalue weighted by Crippen LogP contribution is -2.27. The summed E-state index contributed by atoms with van der Waals surface area (Å²) < 4.78 is 18.0. The molecule has 0 aliphatic carbocycles. The summed E-state index contributed by atoms with van der Waals surface area (Å²) in [5.74, 6) is 0.527. The molecule has 1 aromatic carbocycles. The van der Waals surface area contributed by atoms with Gasteiger partial charge in [-0.2, -0.15) is 0 Å². The van der Waals surface area contributed by atoms with Gasteiger partial charge in [0.25, 0.3) is 5.56 Å². The van der Waals surface area contributed by atoms with Crippen LogP contribution in [-0.4, -0.2) is 29.5 Å². The SMILES string of the molecule is CC(=N[S@+]([O-])C(C)(C)C)c1cc(C)cc2c(=O)n(C)c(-c3nc(C)sc3C)nc12. The maximum absolute atomic E-state index is 13.1. The molecule has 0 unspecified atom stereocenters. The number of hydrogen-bond donors (Lipinski definition) is 0. The zero-order valence-electron chi connectivity index (χ0n) is 18.1. The smallest absolute Gasteiger partial charge is 0.261 e. The van der Waals surface area contributed by atoms with E-state index in [0.717, 1.165) is 21.0 Å². The summed E-state index contributed by atoms with van der Waals surface area (Å²) in [6.45, 7) is 13.3. The molecule has 0 N–H and O–H groups in total. The molecule has 0 aliphatic rings. The third kappa shape index (κ3) is 4.15. The number of nitrogens with zero attached hydrogens (tertiary/aromatic N) is 4. The third-order valence-corrected chi connectivity index (χ3v) is 6.95. The second kappa shape index (κ2) is 7.66. The molecule has 0 spiro atoms. The average Bonchev–Trinajstić information content (AvgIpc) is 2.95. The molecule has 0 bridgehead atoms. The van der Waals surface area contributed by atoms with Gasteiger partial charge in [-0.15, -0.1) is 11.3 Å². The Kier molecular flexibility index (Phi) is 5.73. The lowest BCUT2D eigenvalue weighted by molar-refractivity contribution is 0.561. The first-order chi connectivity index (χ1) is 13.4. The lowest BCUT2D eigenvalue weighted by atomic mass is 10.0. The van der Waals surface area contributed by atoms with E-state index in [2.05, 4.69) is 9.38 Å². The van der Waals surface area contributed by atoms with Gasteiger partial charge in [-0.05, 0) is 66.2 Å². The van der Waals surface area contributed by atoms with Crippen LogP contribution >= 0.6 is 11.3 Å². The number of fused-ring (bicyclic) bond motifs is 1. The van der Waals surface area contributed by atoms with Crippen LogP contribution in [-0.2, 0) is 18.4 Å². The minimum Gasteiger partial charge on any atom is -0.591 e. The quantitative estimate of drug-likeness (QED) is 0.459. The fourth-order valence-corrected chi connectivity index (χ4v) is 4.49. The molecular formula is C21H26N4O2S2. The van der Waals surface area contributed by atoms with Gasteiger partial charge in [0.15, 0.2) is 5.82 Å². The van der Waals surface area contributed by atoms with Gasteiger partial charge in [-0.1, -0.05) is 4.40 Å². The largest absolute Gasteiger partial charge is 0.591 e.